The highest BCUT2D eigenvalue weighted by Crippen LogP contribution is 2.15. The van der Waals surface area contributed by atoms with Crippen molar-refractivity contribution in [2.75, 3.05) is 11.9 Å². The lowest BCUT2D eigenvalue weighted by molar-refractivity contribution is -0.122. The van der Waals surface area contributed by atoms with Crippen LogP contribution in [0.25, 0.3) is 0 Å². The van der Waals surface area contributed by atoms with Crippen LogP contribution in [0.15, 0.2) is 18.2 Å². The van der Waals surface area contributed by atoms with Gasteiger partial charge in [-0.05, 0) is 18.6 Å². The first-order valence-corrected chi connectivity index (χ1v) is 4.93. The molecule has 0 aliphatic rings. The third-order valence-corrected chi connectivity index (χ3v) is 2.21. The van der Waals surface area contributed by atoms with E-state index in [1.165, 1.54) is 6.07 Å². The van der Waals surface area contributed by atoms with Crippen molar-refractivity contribution < 1.29 is 18.7 Å². The number of hydrogen-bond donors (Lipinski definition) is 2. The maximum atomic E-state index is 12.9. The highest BCUT2D eigenvalue weighted by atomic mass is 19.2. The Hall–Kier alpha value is -1.49. The van der Waals surface area contributed by atoms with E-state index in [-0.39, 0.29) is 5.78 Å². The molecule has 5 heteroatoms. The second kappa shape index (κ2) is 5.55. The number of nitrogens with one attached hydrogen (secondary N) is 1. The number of benzene rings is 1. The second-order valence-electron chi connectivity index (χ2n) is 3.36. The smallest absolute Gasteiger partial charge is 0.180 e. The van der Waals surface area contributed by atoms with E-state index < -0.39 is 24.3 Å². The Morgan fingerprint density at radius 3 is 2.62 bits per heavy atom. The fourth-order valence-corrected chi connectivity index (χ4v) is 1.31. The number of ketones is 1. The summed E-state index contributed by atoms with van der Waals surface area (Å²) in [5.74, 6) is -2.30. The maximum Gasteiger partial charge on any atom is 0.180 e. The molecule has 1 aromatic rings. The number of carbonyl (C=O) groups excluding carboxylic acids is 1. The van der Waals surface area contributed by atoms with Crippen LogP contribution in [0.1, 0.15) is 13.3 Å². The monoisotopic (exact) mass is 229 g/mol. The summed E-state index contributed by atoms with van der Waals surface area (Å²) in [4.78, 5) is 11.2. The van der Waals surface area contributed by atoms with E-state index in [4.69, 9.17) is 5.11 Å². The van der Waals surface area contributed by atoms with Gasteiger partial charge >= 0.3 is 0 Å². The number of aliphatic hydroxyl groups excluding tert-OH is 1. The largest absolute Gasteiger partial charge is 0.389 e. The Labute approximate surface area is 92.1 Å². The molecular formula is C11H13F2NO2. The van der Waals surface area contributed by atoms with Crippen molar-refractivity contribution in [1.82, 2.24) is 0 Å². The summed E-state index contributed by atoms with van der Waals surface area (Å²) < 4.78 is 25.5. The summed E-state index contributed by atoms with van der Waals surface area (Å²) in [5.41, 5.74) is 0.313. The van der Waals surface area contributed by atoms with Crippen LogP contribution in [0.4, 0.5) is 14.5 Å². The fraction of sp³-hybridized carbons (Fsp3) is 0.364. The number of Topliss-reactive ketones (excluding diaryl/α,β-unsaturated/α-hetero) is 1. The number of rotatable bonds is 5. The van der Waals surface area contributed by atoms with Crippen LogP contribution >= 0.6 is 0 Å². The minimum Gasteiger partial charge on any atom is -0.389 e. The zero-order valence-corrected chi connectivity index (χ0v) is 8.84. The lowest BCUT2D eigenvalue weighted by atomic mass is 10.1. The molecule has 0 aliphatic carbocycles. The Balaban J connectivity index is 2.78. The molecule has 0 aliphatic heterocycles. The third kappa shape index (κ3) is 3.00. The first-order valence-electron chi connectivity index (χ1n) is 4.93. The van der Waals surface area contributed by atoms with Crippen LogP contribution in [0.3, 0.4) is 0 Å². The first kappa shape index (κ1) is 12.6. The highest BCUT2D eigenvalue weighted by molar-refractivity contribution is 5.87. The van der Waals surface area contributed by atoms with Crippen molar-refractivity contribution >= 4 is 11.5 Å². The van der Waals surface area contributed by atoms with E-state index in [0.717, 1.165) is 12.1 Å². The Kier molecular flexibility index (Phi) is 4.37. The topological polar surface area (TPSA) is 49.3 Å². The average Bonchev–Trinajstić information content (AvgIpc) is 2.29. The van der Waals surface area contributed by atoms with Gasteiger partial charge in [0.15, 0.2) is 17.4 Å². The first-order chi connectivity index (χ1) is 7.58. The molecule has 0 aromatic heterocycles. The number of carbonyl (C=O) groups is 1. The van der Waals surface area contributed by atoms with Gasteiger partial charge in [-0.3, -0.25) is 4.79 Å². The number of halogens is 2. The Morgan fingerprint density at radius 1 is 1.44 bits per heavy atom. The standard InChI is InChI=1S/C11H13F2NO2/c1-2-10(11(16)6-15)14-7-3-4-8(12)9(13)5-7/h3-5,10,14-15H,2,6H2,1H3. The second-order valence-corrected chi connectivity index (χ2v) is 3.36. The molecule has 0 saturated carbocycles. The number of hydrogen-bond acceptors (Lipinski definition) is 3. The fourth-order valence-electron chi connectivity index (χ4n) is 1.31. The van der Waals surface area contributed by atoms with Crippen molar-refractivity contribution in [1.29, 1.82) is 0 Å². The molecule has 1 atom stereocenters. The maximum absolute atomic E-state index is 12.9. The zero-order valence-electron chi connectivity index (χ0n) is 8.84. The van der Waals surface area contributed by atoms with E-state index in [0.29, 0.717) is 12.1 Å². The summed E-state index contributed by atoms with van der Waals surface area (Å²) >= 11 is 0. The van der Waals surface area contributed by atoms with Gasteiger partial charge in [-0.1, -0.05) is 6.92 Å². The van der Waals surface area contributed by atoms with Crippen molar-refractivity contribution in [3.63, 3.8) is 0 Å². The predicted octanol–water partition coefficient (Wildman–Crippen LogP) is 1.72. The van der Waals surface area contributed by atoms with Crippen LogP contribution in [0, 0.1) is 11.6 Å². The lowest BCUT2D eigenvalue weighted by Crippen LogP contribution is -2.31. The molecule has 88 valence electrons. The summed E-state index contributed by atoms with van der Waals surface area (Å²) in [6, 6.07) is 2.71. The molecule has 16 heavy (non-hydrogen) atoms. The number of anilines is 1. The molecule has 0 fully saturated rings. The van der Waals surface area contributed by atoms with Gasteiger partial charge in [0.1, 0.15) is 6.61 Å². The van der Waals surface area contributed by atoms with Gasteiger partial charge in [-0.2, -0.15) is 0 Å². The van der Waals surface area contributed by atoms with E-state index >= 15 is 0 Å². The Bertz CT molecular complexity index is 382. The molecule has 1 unspecified atom stereocenters. The van der Waals surface area contributed by atoms with Crippen LogP contribution in [-0.4, -0.2) is 23.5 Å². The molecule has 0 saturated heterocycles. The lowest BCUT2D eigenvalue weighted by Gasteiger charge is -2.15. The molecule has 2 N–H and O–H groups in total. The van der Waals surface area contributed by atoms with Crippen LogP contribution in [0.5, 0.6) is 0 Å². The minimum atomic E-state index is -0.976. The van der Waals surface area contributed by atoms with Crippen LogP contribution in [0.2, 0.25) is 0 Å². The van der Waals surface area contributed by atoms with Gasteiger partial charge in [0, 0.05) is 11.8 Å². The normalized spacial score (nSPS) is 12.2. The summed E-state index contributed by atoms with van der Waals surface area (Å²) in [6.45, 7) is 1.18. The van der Waals surface area contributed by atoms with Crippen molar-refractivity contribution in [2.45, 2.75) is 19.4 Å². The van der Waals surface area contributed by atoms with Crippen molar-refractivity contribution in [2.24, 2.45) is 0 Å². The van der Waals surface area contributed by atoms with Crippen molar-refractivity contribution in [3.05, 3.63) is 29.8 Å². The molecule has 3 nitrogen and oxygen atoms in total. The van der Waals surface area contributed by atoms with Crippen molar-refractivity contribution in [3.8, 4) is 0 Å². The van der Waals surface area contributed by atoms with Crippen LogP contribution in [-0.2, 0) is 4.79 Å². The molecule has 0 spiro atoms. The highest BCUT2D eigenvalue weighted by Gasteiger charge is 2.15. The minimum absolute atomic E-state index is 0.313. The third-order valence-electron chi connectivity index (χ3n) is 2.21. The number of aliphatic hydroxyl groups is 1. The summed E-state index contributed by atoms with van der Waals surface area (Å²) in [6.07, 6.45) is 0.457. The predicted molar refractivity (Wildman–Crippen MR) is 56.2 cm³/mol. The summed E-state index contributed by atoms with van der Waals surface area (Å²) in [5, 5.41) is 11.4. The van der Waals surface area contributed by atoms with Gasteiger partial charge in [-0.25, -0.2) is 8.78 Å². The Morgan fingerprint density at radius 2 is 2.12 bits per heavy atom. The van der Waals surface area contributed by atoms with E-state index in [9.17, 15) is 13.6 Å². The molecule has 0 bridgehead atoms. The van der Waals surface area contributed by atoms with Gasteiger partial charge in [0.2, 0.25) is 0 Å². The summed E-state index contributed by atoms with van der Waals surface area (Å²) in [7, 11) is 0. The molecule has 1 rings (SSSR count). The quantitative estimate of drug-likeness (QED) is 0.808. The van der Waals surface area contributed by atoms with E-state index in [1.807, 2.05) is 0 Å². The van der Waals surface area contributed by atoms with Gasteiger partial charge in [0.05, 0.1) is 6.04 Å². The molecular weight excluding hydrogens is 216 g/mol. The van der Waals surface area contributed by atoms with Gasteiger partial charge in [-0.15, -0.1) is 0 Å². The molecule has 1 aromatic carbocycles. The molecule has 0 amide bonds. The van der Waals surface area contributed by atoms with E-state index in [2.05, 4.69) is 5.32 Å². The zero-order chi connectivity index (χ0) is 12.1. The molecule has 0 heterocycles. The van der Waals surface area contributed by atoms with Gasteiger partial charge < -0.3 is 10.4 Å². The van der Waals surface area contributed by atoms with Crippen LogP contribution < -0.4 is 5.32 Å². The van der Waals surface area contributed by atoms with Gasteiger partial charge in [0.25, 0.3) is 0 Å². The molecule has 0 radical (unpaired) electrons. The average molecular weight is 229 g/mol. The van der Waals surface area contributed by atoms with E-state index in [1.54, 1.807) is 6.92 Å². The SMILES string of the molecule is CCC(Nc1ccc(F)c(F)c1)C(=O)CO.